The van der Waals surface area contributed by atoms with E-state index in [1.54, 1.807) is 27.7 Å². The SMILES string of the molecule is CC(C)=[N-].CC(C)=[N-].[C-]#[O+].[C-]#[O+].[C-]#[O+].[C-]#[O+].[C-]#[O+].[C-]#[O+].[Fe+2].[Fe]. The van der Waals surface area contributed by atoms with Crippen molar-refractivity contribution in [2.75, 3.05) is 0 Å². The molecule has 0 saturated heterocycles. The zero-order valence-corrected chi connectivity index (χ0v) is 14.3. The monoisotopic (exact) mass is 392 g/mol. The van der Waals surface area contributed by atoms with Crippen LogP contribution in [0.15, 0.2) is 0 Å². The summed E-state index contributed by atoms with van der Waals surface area (Å²) in [5, 5.41) is 15.9. The maximum atomic E-state index is 7.97. The standard InChI is InChI=1S/2C3H6N.6CO.2Fe/c2*1-3(2)4;6*1-2;;/h2*1-2H3;;;;;;;;/q2*-1;;;;;;;;+2. The number of nitrogens with zero attached hydrogens (tertiary/aromatic N) is 2. The molecule has 0 aromatic heterocycles. The second-order valence-electron chi connectivity index (χ2n) is 1.89. The summed E-state index contributed by atoms with van der Waals surface area (Å²) >= 11 is 0. The summed E-state index contributed by atoms with van der Waals surface area (Å²) < 4.78 is 45.0. The normalized spacial score (nSPS) is 2.91. The Labute approximate surface area is 152 Å². The zero-order valence-electron chi connectivity index (χ0n) is 12.1. The van der Waals surface area contributed by atoms with Crippen molar-refractivity contribution in [2.45, 2.75) is 27.7 Å². The average Bonchev–Trinajstić information content (AvgIpc) is 2.50. The summed E-state index contributed by atoms with van der Waals surface area (Å²) in [7, 11) is 0. The molecule has 0 atom stereocenters. The van der Waals surface area contributed by atoms with Crippen LogP contribution in [0, 0.1) is 39.9 Å². The van der Waals surface area contributed by atoms with Crippen molar-refractivity contribution in [2.24, 2.45) is 0 Å². The second kappa shape index (κ2) is 302. The van der Waals surface area contributed by atoms with E-state index in [0.717, 1.165) is 0 Å². The molecule has 0 aliphatic carbocycles. The molecule has 0 spiro atoms. The van der Waals surface area contributed by atoms with Crippen LogP contribution >= 0.6 is 0 Å². The Morgan fingerprint density at radius 3 is 0.500 bits per heavy atom. The molecular formula is C12H12Fe2N2O6. The number of hydrogen-bond donors (Lipinski definition) is 0. The molecule has 0 heterocycles. The van der Waals surface area contributed by atoms with Gasteiger partial charge in [-0.3, -0.25) is 0 Å². The van der Waals surface area contributed by atoms with E-state index in [4.69, 9.17) is 38.7 Å². The van der Waals surface area contributed by atoms with E-state index < -0.39 is 0 Å². The Kier molecular flexibility index (Phi) is 960. The van der Waals surface area contributed by atoms with Crippen LogP contribution in [-0.4, -0.2) is 11.4 Å². The van der Waals surface area contributed by atoms with E-state index in [9.17, 15) is 0 Å². The van der Waals surface area contributed by atoms with Crippen molar-refractivity contribution in [3.63, 3.8) is 0 Å². The molecule has 0 saturated carbocycles. The first-order valence-electron chi connectivity index (χ1n) is 3.67. The van der Waals surface area contributed by atoms with Gasteiger partial charge in [0.15, 0.2) is 0 Å². The maximum Gasteiger partial charge on any atom is 2.00 e. The van der Waals surface area contributed by atoms with E-state index in [1.165, 1.54) is 0 Å². The fourth-order valence-corrected chi connectivity index (χ4v) is 0. The molecule has 0 aliphatic heterocycles. The molecule has 8 nitrogen and oxygen atoms in total. The van der Waals surface area contributed by atoms with Gasteiger partial charge in [0.05, 0.1) is 0 Å². The van der Waals surface area contributed by atoms with Crippen LogP contribution in [-0.2, 0) is 62.1 Å². The van der Waals surface area contributed by atoms with Gasteiger partial charge >= 0.3 is 84.9 Å². The van der Waals surface area contributed by atoms with Crippen LogP contribution in [0.1, 0.15) is 27.7 Å². The first kappa shape index (κ1) is 69.9. The molecule has 10 heteroatoms. The molecule has 0 unspecified atom stereocenters. The fraction of sp³-hybridized carbons (Fsp3) is 0.333. The summed E-state index contributed by atoms with van der Waals surface area (Å²) in [4.78, 5) is 0. The molecule has 0 N–H and O–H groups in total. The van der Waals surface area contributed by atoms with Crippen LogP contribution in [0.5, 0.6) is 0 Å². The fourth-order valence-electron chi connectivity index (χ4n) is 0. The Balaban J connectivity index is -0.00000000950. The van der Waals surface area contributed by atoms with E-state index in [0.29, 0.717) is 11.4 Å². The van der Waals surface area contributed by atoms with Gasteiger partial charge in [-0.25, -0.2) is 11.4 Å². The van der Waals surface area contributed by atoms with Crippen LogP contribution in [0.25, 0.3) is 10.8 Å². The summed E-state index contributed by atoms with van der Waals surface area (Å²) in [6.45, 7) is 33.6. The van der Waals surface area contributed by atoms with Crippen LogP contribution in [0.3, 0.4) is 0 Å². The Hall–Kier alpha value is -1.18. The van der Waals surface area contributed by atoms with Crippen molar-refractivity contribution < 1.29 is 62.1 Å². The molecule has 122 valence electrons. The molecule has 0 aliphatic rings. The van der Waals surface area contributed by atoms with Gasteiger partial charge in [0.25, 0.3) is 0 Å². The minimum Gasteiger partial charge on any atom is 0 e. The van der Waals surface area contributed by atoms with Crippen molar-refractivity contribution in [1.29, 1.82) is 0 Å². The zero-order chi connectivity index (χ0) is 19.2. The van der Waals surface area contributed by atoms with Crippen molar-refractivity contribution in [1.82, 2.24) is 0 Å². The van der Waals surface area contributed by atoms with E-state index in [2.05, 4.69) is 39.9 Å². The third-order valence-corrected chi connectivity index (χ3v) is 0. The van der Waals surface area contributed by atoms with E-state index in [1.807, 2.05) is 0 Å². The summed E-state index contributed by atoms with van der Waals surface area (Å²) in [5.74, 6) is 0. The molecule has 0 radical (unpaired) electrons. The van der Waals surface area contributed by atoms with Crippen molar-refractivity contribution in [3.05, 3.63) is 50.7 Å². The average molecular weight is 392 g/mol. The van der Waals surface area contributed by atoms with Crippen LogP contribution < -0.4 is 0 Å². The molecule has 0 amide bonds. The van der Waals surface area contributed by atoms with Crippen molar-refractivity contribution in [3.8, 4) is 0 Å². The topological polar surface area (TPSA) is 164 Å². The molecule has 0 aromatic rings. The van der Waals surface area contributed by atoms with Crippen LogP contribution in [0.4, 0.5) is 0 Å². The molecular weight excluding hydrogens is 380 g/mol. The smallest absolute Gasteiger partial charge is 0 e. The van der Waals surface area contributed by atoms with Crippen LogP contribution in [0.2, 0.25) is 0 Å². The van der Waals surface area contributed by atoms with E-state index in [-0.39, 0.29) is 34.1 Å². The molecule has 0 bridgehead atoms. The predicted molar refractivity (Wildman–Crippen MR) is 63.0 cm³/mol. The quantitative estimate of drug-likeness (QED) is 0.255. The van der Waals surface area contributed by atoms with Gasteiger partial charge in [-0.1, -0.05) is 27.7 Å². The maximum absolute atomic E-state index is 7.97. The van der Waals surface area contributed by atoms with Gasteiger partial charge in [-0.2, -0.15) is 0 Å². The molecule has 22 heavy (non-hydrogen) atoms. The van der Waals surface area contributed by atoms with Crippen molar-refractivity contribution >= 4 is 11.4 Å². The Bertz CT molecular complexity index is 227. The third-order valence-electron chi connectivity index (χ3n) is 0. The van der Waals surface area contributed by atoms with Gasteiger partial charge in [0, 0.05) is 17.1 Å². The first-order chi connectivity index (χ1) is 9.46. The third kappa shape index (κ3) is 4280. The Morgan fingerprint density at radius 2 is 0.500 bits per heavy atom. The van der Waals surface area contributed by atoms with Gasteiger partial charge in [-0.05, 0) is 0 Å². The predicted octanol–water partition coefficient (Wildman–Crippen LogP) is 1.84. The summed E-state index contributed by atoms with van der Waals surface area (Å²) in [6, 6.07) is 0. The second-order valence-corrected chi connectivity index (χ2v) is 1.89. The van der Waals surface area contributed by atoms with Gasteiger partial charge in [0.2, 0.25) is 0 Å². The molecule has 0 fully saturated rings. The minimum absolute atomic E-state index is 0. The van der Waals surface area contributed by atoms with Gasteiger partial charge in [-0.15, -0.1) is 0 Å². The largest absolute Gasteiger partial charge is 2.00 e. The molecule has 0 rings (SSSR count). The number of rotatable bonds is 0. The molecule has 0 aromatic carbocycles. The minimum atomic E-state index is 0. The number of hydrogen-bond acceptors (Lipinski definition) is 0. The van der Waals surface area contributed by atoms with Gasteiger partial charge < -0.3 is 10.8 Å². The summed E-state index contributed by atoms with van der Waals surface area (Å²) in [6.07, 6.45) is 0. The van der Waals surface area contributed by atoms with E-state index >= 15 is 0 Å². The van der Waals surface area contributed by atoms with Gasteiger partial charge in [0.1, 0.15) is 0 Å². The first-order valence-corrected chi connectivity index (χ1v) is 3.67. The Morgan fingerprint density at radius 1 is 0.500 bits per heavy atom. The summed E-state index contributed by atoms with van der Waals surface area (Å²) in [5.41, 5.74) is 0.833.